The number of hydrogen-bond donors (Lipinski definition) is 0. The number of alkyl halides is 3. The molecule has 1 aromatic heterocycles. The van der Waals surface area contributed by atoms with Crippen LogP contribution in [0.25, 0.3) is 11.3 Å². The molecule has 0 N–H and O–H groups in total. The molecule has 0 aliphatic rings. The summed E-state index contributed by atoms with van der Waals surface area (Å²) in [4.78, 5) is 3.88. The van der Waals surface area contributed by atoms with Crippen molar-refractivity contribution in [1.82, 2.24) is 4.98 Å². The minimum absolute atomic E-state index is 0.437. The summed E-state index contributed by atoms with van der Waals surface area (Å²) in [7, 11) is 0. The van der Waals surface area contributed by atoms with Crippen LogP contribution in [0.15, 0.2) is 42.5 Å². The van der Waals surface area contributed by atoms with E-state index < -0.39 is 11.7 Å². The third kappa shape index (κ3) is 2.21. The molecule has 0 bridgehead atoms. The van der Waals surface area contributed by atoms with Gasteiger partial charge in [-0.2, -0.15) is 13.2 Å². The Bertz CT molecular complexity index is 477. The van der Waals surface area contributed by atoms with Gasteiger partial charge < -0.3 is 0 Å². The molecule has 0 amide bonds. The molecule has 0 aliphatic carbocycles. The van der Waals surface area contributed by atoms with Crippen LogP contribution in [0.4, 0.5) is 13.2 Å². The van der Waals surface area contributed by atoms with Gasteiger partial charge in [-0.25, -0.2) is 4.98 Å². The second-order valence-electron chi connectivity index (χ2n) is 3.23. The lowest BCUT2D eigenvalue weighted by molar-refractivity contribution is -0.137. The Labute approximate surface area is 90.6 Å². The highest BCUT2D eigenvalue weighted by atomic mass is 19.4. The standard InChI is InChI=1S/C12H7F3N/c13-12(14,15)10-5-3-4-9(8-10)11-6-1-2-7-16-11/h1-6,8H. The molecule has 4 heteroatoms. The molecular formula is C12H7F3N. The molecule has 1 radical (unpaired) electrons. The smallest absolute Gasteiger partial charge is 0.246 e. The molecule has 0 atom stereocenters. The lowest BCUT2D eigenvalue weighted by Crippen LogP contribution is -2.04. The highest BCUT2D eigenvalue weighted by Gasteiger charge is 2.30. The Morgan fingerprint density at radius 3 is 2.50 bits per heavy atom. The lowest BCUT2D eigenvalue weighted by atomic mass is 10.1. The highest BCUT2D eigenvalue weighted by molar-refractivity contribution is 5.59. The lowest BCUT2D eigenvalue weighted by Gasteiger charge is -2.07. The Morgan fingerprint density at radius 1 is 1.06 bits per heavy atom. The summed E-state index contributed by atoms with van der Waals surface area (Å²) in [6.07, 6.45) is -1.74. The molecule has 2 aromatic rings. The van der Waals surface area contributed by atoms with E-state index in [9.17, 15) is 13.2 Å². The summed E-state index contributed by atoms with van der Waals surface area (Å²) < 4.78 is 37.4. The molecule has 2 rings (SSSR count). The normalized spacial score (nSPS) is 11.4. The molecular weight excluding hydrogens is 215 g/mol. The first-order valence-corrected chi connectivity index (χ1v) is 4.58. The summed E-state index contributed by atoms with van der Waals surface area (Å²) in [5.74, 6) is 0. The Morgan fingerprint density at radius 2 is 1.88 bits per heavy atom. The summed E-state index contributed by atoms with van der Waals surface area (Å²) in [6, 6.07) is 10.00. The number of rotatable bonds is 1. The second kappa shape index (κ2) is 3.96. The van der Waals surface area contributed by atoms with E-state index in [1.54, 1.807) is 24.3 Å². The Kier molecular flexibility index (Phi) is 2.64. The molecule has 0 spiro atoms. The van der Waals surface area contributed by atoms with Crippen LogP contribution in [-0.4, -0.2) is 4.98 Å². The van der Waals surface area contributed by atoms with Crippen molar-refractivity contribution < 1.29 is 13.2 Å². The van der Waals surface area contributed by atoms with Crippen LogP contribution < -0.4 is 0 Å². The van der Waals surface area contributed by atoms with Gasteiger partial charge in [-0.05, 0) is 24.3 Å². The van der Waals surface area contributed by atoms with Crippen molar-refractivity contribution in [1.29, 1.82) is 0 Å². The first-order valence-electron chi connectivity index (χ1n) is 4.58. The quantitative estimate of drug-likeness (QED) is 0.718. The van der Waals surface area contributed by atoms with Gasteiger partial charge in [0.2, 0.25) is 0 Å². The van der Waals surface area contributed by atoms with Crippen LogP contribution in [0.3, 0.4) is 0 Å². The first-order chi connectivity index (χ1) is 7.57. The van der Waals surface area contributed by atoms with E-state index in [1.165, 1.54) is 6.07 Å². The fraction of sp³-hybridized carbons (Fsp3) is 0.0833. The van der Waals surface area contributed by atoms with Gasteiger partial charge in [0.25, 0.3) is 0 Å². The predicted molar refractivity (Wildman–Crippen MR) is 53.5 cm³/mol. The maximum Gasteiger partial charge on any atom is 0.416 e. The monoisotopic (exact) mass is 222 g/mol. The van der Waals surface area contributed by atoms with Gasteiger partial charge in [0.15, 0.2) is 0 Å². The molecule has 1 aromatic carbocycles. The maximum absolute atomic E-state index is 12.5. The van der Waals surface area contributed by atoms with Crippen LogP contribution in [0.5, 0.6) is 0 Å². The molecule has 16 heavy (non-hydrogen) atoms. The van der Waals surface area contributed by atoms with E-state index in [0.29, 0.717) is 11.3 Å². The van der Waals surface area contributed by atoms with Crippen molar-refractivity contribution in [3.05, 3.63) is 54.2 Å². The summed E-state index contributed by atoms with van der Waals surface area (Å²) in [5.41, 5.74) is 0.246. The van der Waals surface area contributed by atoms with Gasteiger partial charge in [-0.1, -0.05) is 18.2 Å². The largest absolute Gasteiger partial charge is 0.416 e. The Balaban J connectivity index is 2.45. The molecule has 0 aliphatic heterocycles. The summed E-state index contributed by atoms with van der Waals surface area (Å²) in [6.45, 7) is 0. The topological polar surface area (TPSA) is 12.9 Å². The van der Waals surface area contributed by atoms with E-state index in [0.717, 1.165) is 12.1 Å². The van der Waals surface area contributed by atoms with Crippen molar-refractivity contribution in [3.8, 4) is 11.3 Å². The van der Waals surface area contributed by atoms with Crippen molar-refractivity contribution in [2.45, 2.75) is 6.18 Å². The highest BCUT2D eigenvalue weighted by Crippen LogP contribution is 2.31. The molecule has 1 nitrogen and oxygen atoms in total. The van der Waals surface area contributed by atoms with Gasteiger partial charge >= 0.3 is 6.18 Å². The number of benzene rings is 1. The van der Waals surface area contributed by atoms with Crippen LogP contribution in [0.2, 0.25) is 0 Å². The van der Waals surface area contributed by atoms with Gasteiger partial charge in [0.05, 0.1) is 17.5 Å². The van der Waals surface area contributed by atoms with Crippen LogP contribution in [-0.2, 0) is 6.18 Å². The van der Waals surface area contributed by atoms with Crippen LogP contribution in [0.1, 0.15) is 5.56 Å². The van der Waals surface area contributed by atoms with Gasteiger partial charge in [0, 0.05) is 5.56 Å². The van der Waals surface area contributed by atoms with Gasteiger partial charge in [-0.15, -0.1) is 0 Å². The van der Waals surface area contributed by atoms with Crippen molar-refractivity contribution in [3.63, 3.8) is 0 Å². The first kappa shape index (κ1) is 10.7. The van der Waals surface area contributed by atoms with E-state index in [2.05, 4.69) is 11.2 Å². The molecule has 0 fully saturated rings. The van der Waals surface area contributed by atoms with Gasteiger partial charge in [0.1, 0.15) is 0 Å². The second-order valence-corrected chi connectivity index (χ2v) is 3.23. The SMILES string of the molecule is FC(F)(F)c1cccc(-c2ccc[c]n2)c1. The van der Waals surface area contributed by atoms with E-state index in [4.69, 9.17) is 0 Å². The molecule has 0 saturated carbocycles. The number of nitrogens with zero attached hydrogens (tertiary/aromatic N) is 1. The van der Waals surface area contributed by atoms with Crippen LogP contribution in [0, 0.1) is 6.20 Å². The number of aromatic nitrogens is 1. The zero-order valence-corrected chi connectivity index (χ0v) is 8.12. The average molecular weight is 222 g/mol. The fourth-order valence-corrected chi connectivity index (χ4v) is 1.34. The number of pyridine rings is 1. The van der Waals surface area contributed by atoms with Crippen molar-refractivity contribution in [2.24, 2.45) is 0 Å². The minimum atomic E-state index is -4.32. The number of hydrogen-bond acceptors (Lipinski definition) is 1. The zero-order valence-electron chi connectivity index (χ0n) is 8.12. The van der Waals surface area contributed by atoms with E-state index >= 15 is 0 Å². The summed E-state index contributed by atoms with van der Waals surface area (Å²) >= 11 is 0. The molecule has 0 saturated heterocycles. The Hall–Kier alpha value is -1.84. The average Bonchev–Trinajstić information content (AvgIpc) is 2.29. The van der Waals surface area contributed by atoms with Crippen LogP contribution >= 0.6 is 0 Å². The summed E-state index contributed by atoms with van der Waals surface area (Å²) in [5, 5.41) is 0. The van der Waals surface area contributed by atoms with Crippen molar-refractivity contribution in [2.75, 3.05) is 0 Å². The molecule has 0 unspecified atom stereocenters. The van der Waals surface area contributed by atoms with Crippen molar-refractivity contribution >= 4 is 0 Å². The number of halogens is 3. The molecule has 1 heterocycles. The third-order valence-electron chi connectivity index (χ3n) is 2.10. The van der Waals surface area contributed by atoms with E-state index in [-0.39, 0.29) is 0 Å². The fourth-order valence-electron chi connectivity index (χ4n) is 1.34. The third-order valence-corrected chi connectivity index (χ3v) is 2.10. The predicted octanol–water partition coefficient (Wildman–Crippen LogP) is 3.57. The molecule has 81 valence electrons. The minimum Gasteiger partial charge on any atom is -0.246 e. The maximum atomic E-state index is 12.5. The van der Waals surface area contributed by atoms with Gasteiger partial charge in [-0.3, -0.25) is 0 Å². The zero-order chi connectivity index (χ0) is 11.6. The van der Waals surface area contributed by atoms with E-state index in [1.807, 2.05) is 0 Å².